The van der Waals surface area contributed by atoms with Gasteiger partial charge in [-0.05, 0) is 38.9 Å². The summed E-state index contributed by atoms with van der Waals surface area (Å²) >= 11 is 0. The van der Waals surface area contributed by atoms with Crippen molar-refractivity contribution in [1.29, 1.82) is 0 Å². The Morgan fingerprint density at radius 2 is 1.90 bits per heavy atom. The molecule has 1 saturated heterocycles. The van der Waals surface area contributed by atoms with Crippen LogP contribution in [-0.4, -0.2) is 61.5 Å². The van der Waals surface area contributed by atoms with E-state index in [9.17, 15) is 4.79 Å². The molecule has 1 aliphatic heterocycles. The van der Waals surface area contributed by atoms with Gasteiger partial charge in [0, 0.05) is 26.2 Å². The quantitative estimate of drug-likeness (QED) is 0.738. The fourth-order valence-corrected chi connectivity index (χ4v) is 2.90. The summed E-state index contributed by atoms with van der Waals surface area (Å²) in [5, 5.41) is 3.33. The van der Waals surface area contributed by atoms with E-state index in [0.717, 1.165) is 52.2 Å². The van der Waals surface area contributed by atoms with Gasteiger partial charge in [-0.1, -0.05) is 27.7 Å². The summed E-state index contributed by atoms with van der Waals surface area (Å²) in [6.07, 6.45) is 0.964. The Balaban J connectivity index is 2.65. The molecule has 118 valence electrons. The first kappa shape index (κ1) is 17.4. The predicted molar refractivity (Wildman–Crippen MR) is 84.8 cm³/mol. The van der Waals surface area contributed by atoms with Gasteiger partial charge >= 0.3 is 0 Å². The zero-order chi connectivity index (χ0) is 15.2. The van der Waals surface area contributed by atoms with Gasteiger partial charge in [-0.3, -0.25) is 4.79 Å². The van der Waals surface area contributed by atoms with Crippen molar-refractivity contribution >= 4 is 5.91 Å². The van der Waals surface area contributed by atoms with Crippen LogP contribution in [0.25, 0.3) is 0 Å². The molecule has 1 rings (SSSR count). The first-order valence-electron chi connectivity index (χ1n) is 8.15. The van der Waals surface area contributed by atoms with Crippen molar-refractivity contribution in [3.63, 3.8) is 0 Å². The van der Waals surface area contributed by atoms with Crippen molar-refractivity contribution in [2.75, 3.05) is 45.8 Å². The van der Waals surface area contributed by atoms with Crippen molar-refractivity contribution in [2.24, 2.45) is 11.3 Å². The third kappa shape index (κ3) is 4.74. The molecule has 4 heteroatoms. The molecule has 1 N–H and O–H groups in total. The zero-order valence-electron chi connectivity index (χ0n) is 14.0. The Morgan fingerprint density at radius 1 is 1.25 bits per heavy atom. The molecule has 1 amide bonds. The van der Waals surface area contributed by atoms with Gasteiger partial charge in [0.1, 0.15) is 0 Å². The summed E-state index contributed by atoms with van der Waals surface area (Å²) in [7, 11) is 0. The smallest absolute Gasteiger partial charge is 0.229 e. The van der Waals surface area contributed by atoms with E-state index < -0.39 is 0 Å². The van der Waals surface area contributed by atoms with E-state index in [-0.39, 0.29) is 5.41 Å². The van der Waals surface area contributed by atoms with E-state index in [1.807, 2.05) is 0 Å². The van der Waals surface area contributed by atoms with Gasteiger partial charge in [-0.2, -0.15) is 0 Å². The van der Waals surface area contributed by atoms with Crippen LogP contribution in [0.15, 0.2) is 0 Å². The molecule has 0 saturated carbocycles. The summed E-state index contributed by atoms with van der Waals surface area (Å²) in [4.78, 5) is 17.3. The molecule has 1 heterocycles. The number of hydrogen-bond acceptors (Lipinski definition) is 3. The van der Waals surface area contributed by atoms with Gasteiger partial charge in [0.25, 0.3) is 0 Å². The van der Waals surface area contributed by atoms with Crippen LogP contribution >= 0.6 is 0 Å². The average Bonchev–Trinajstić information content (AvgIpc) is 2.85. The fraction of sp³-hybridized carbons (Fsp3) is 0.938. The first-order chi connectivity index (χ1) is 9.42. The Hall–Kier alpha value is -0.610. The minimum atomic E-state index is -0.196. The molecule has 0 aromatic rings. The summed E-state index contributed by atoms with van der Waals surface area (Å²) < 4.78 is 0. The molecule has 0 spiro atoms. The number of rotatable bonds is 8. The second-order valence-electron chi connectivity index (χ2n) is 6.66. The zero-order valence-corrected chi connectivity index (χ0v) is 14.0. The summed E-state index contributed by atoms with van der Waals surface area (Å²) in [5.41, 5.74) is -0.196. The van der Waals surface area contributed by atoms with Crippen LogP contribution < -0.4 is 5.32 Å². The summed E-state index contributed by atoms with van der Waals surface area (Å²) in [6.45, 7) is 17.5. The molecular formula is C16H33N3O. The van der Waals surface area contributed by atoms with Gasteiger partial charge in [-0.15, -0.1) is 0 Å². The highest BCUT2D eigenvalue weighted by Gasteiger charge is 2.39. The number of likely N-dealkylation sites (N-methyl/N-ethyl adjacent to an activating group) is 1. The first-order valence-corrected chi connectivity index (χ1v) is 8.15. The minimum absolute atomic E-state index is 0.196. The van der Waals surface area contributed by atoms with Crippen LogP contribution in [0.5, 0.6) is 0 Å². The number of nitrogens with one attached hydrogen (secondary N) is 1. The van der Waals surface area contributed by atoms with E-state index >= 15 is 0 Å². The monoisotopic (exact) mass is 283 g/mol. The van der Waals surface area contributed by atoms with Crippen LogP contribution in [0.2, 0.25) is 0 Å². The fourth-order valence-electron chi connectivity index (χ4n) is 2.90. The molecular weight excluding hydrogens is 250 g/mol. The molecule has 4 nitrogen and oxygen atoms in total. The SMILES string of the molecule is CCN(CC)CCN(CC(C)C)C(=O)C1(C)CCNC1. The van der Waals surface area contributed by atoms with Crippen LogP contribution in [-0.2, 0) is 4.79 Å². The number of carbonyl (C=O) groups excluding carboxylic acids is 1. The molecule has 0 aliphatic carbocycles. The normalized spacial score (nSPS) is 22.8. The van der Waals surface area contributed by atoms with Gasteiger partial charge in [0.15, 0.2) is 0 Å². The predicted octanol–water partition coefficient (Wildman–Crippen LogP) is 1.81. The molecule has 1 fully saturated rings. The maximum absolute atomic E-state index is 12.9. The highest BCUT2D eigenvalue weighted by atomic mass is 16.2. The van der Waals surface area contributed by atoms with Gasteiger partial charge < -0.3 is 15.1 Å². The van der Waals surface area contributed by atoms with E-state index in [2.05, 4.69) is 49.7 Å². The van der Waals surface area contributed by atoms with Crippen molar-refractivity contribution in [2.45, 2.75) is 41.0 Å². The molecule has 1 unspecified atom stereocenters. The lowest BCUT2D eigenvalue weighted by atomic mass is 9.87. The average molecular weight is 283 g/mol. The lowest BCUT2D eigenvalue weighted by Crippen LogP contribution is -2.47. The van der Waals surface area contributed by atoms with Crippen molar-refractivity contribution in [1.82, 2.24) is 15.1 Å². The van der Waals surface area contributed by atoms with Crippen molar-refractivity contribution in [3.05, 3.63) is 0 Å². The molecule has 0 radical (unpaired) electrons. The molecule has 1 aliphatic rings. The Kier molecular flexibility index (Phi) is 6.96. The number of nitrogens with zero attached hydrogens (tertiary/aromatic N) is 2. The second kappa shape index (κ2) is 7.99. The van der Waals surface area contributed by atoms with Crippen LogP contribution in [0.3, 0.4) is 0 Å². The third-order valence-electron chi connectivity index (χ3n) is 4.34. The van der Waals surface area contributed by atoms with Gasteiger partial charge in [0.2, 0.25) is 5.91 Å². The molecule has 0 aromatic heterocycles. The lowest BCUT2D eigenvalue weighted by Gasteiger charge is -2.34. The standard InChI is InChI=1S/C16H33N3O/c1-6-18(7-2)10-11-19(12-14(3)4)15(20)16(5)8-9-17-13-16/h14,17H,6-13H2,1-5H3. The highest BCUT2D eigenvalue weighted by molar-refractivity contribution is 5.83. The Morgan fingerprint density at radius 3 is 2.35 bits per heavy atom. The van der Waals surface area contributed by atoms with Gasteiger partial charge in [-0.25, -0.2) is 0 Å². The molecule has 0 bridgehead atoms. The molecule has 0 aromatic carbocycles. The second-order valence-corrected chi connectivity index (χ2v) is 6.66. The highest BCUT2D eigenvalue weighted by Crippen LogP contribution is 2.27. The Bertz CT molecular complexity index is 294. The lowest BCUT2D eigenvalue weighted by molar-refractivity contribution is -0.141. The van der Waals surface area contributed by atoms with Crippen LogP contribution in [0.1, 0.15) is 41.0 Å². The van der Waals surface area contributed by atoms with Crippen molar-refractivity contribution < 1.29 is 4.79 Å². The maximum Gasteiger partial charge on any atom is 0.229 e. The maximum atomic E-state index is 12.9. The summed E-state index contributed by atoms with van der Waals surface area (Å²) in [5.74, 6) is 0.858. The molecule has 20 heavy (non-hydrogen) atoms. The Labute approximate surface area is 124 Å². The van der Waals surface area contributed by atoms with E-state index in [4.69, 9.17) is 0 Å². The van der Waals surface area contributed by atoms with E-state index in [1.165, 1.54) is 0 Å². The van der Waals surface area contributed by atoms with Crippen LogP contribution in [0.4, 0.5) is 0 Å². The number of carbonyl (C=O) groups is 1. The summed E-state index contributed by atoms with van der Waals surface area (Å²) in [6, 6.07) is 0. The van der Waals surface area contributed by atoms with E-state index in [1.54, 1.807) is 0 Å². The van der Waals surface area contributed by atoms with Gasteiger partial charge in [0.05, 0.1) is 5.41 Å². The topological polar surface area (TPSA) is 35.6 Å². The van der Waals surface area contributed by atoms with Crippen molar-refractivity contribution in [3.8, 4) is 0 Å². The minimum Gasteiger partial charge on any atom is -0.341 e. The largest absolute Gasteiger partial charge is 0.341 e. The number of amides is 1. The number of hydrogen-bond donors (Lipinski definition) is 1. The third-order valence-corrected chi connectivity index (χ3v) is 4.34. The molecule has 1 atom stereocenters. The van der Waals surface area contributed by atoms with Crippen LogP contribution in [0, 0.1) is 11.3 Å². The van der Waals surface area contributed by atoms with E-state index in [0.29, 0.717) is 11.8 Å².